The van der Waals surface area contributed by atoms with E-state index in [4.69, 9.17) is 14.2 Å². The Labute approximate surface area is 69.9 Å². The van der Waals surface area contributed by atoms with Crippen LogP contribution in [-0.2, 0) is 4.74 Å². The van der Waals surface area contributed by atoms with Crippen LogP contribution in [-0.4, -0.2) is 19.3 Å². The summed E-state index contributed by atoms with van der Waals surface area (Å²) in [5, 5.41) is 0. The normalized spacial score (nSPS) is 22.5. The Morgan fingerprint density at radius 1 is 1.42 bits per heavy atom. The van der Waals surface area contributed by atoms with Crippen molar-refractivity contribution in [1.82, 2.24) is 0 Å². The minimum Gasteiger partial charge on any atom is -0.491 e. The molecular formula is C9H8O3. The molecule has 0 bridgehead atoms. The summed E-state index contributed by atoms with van der Waals surface area (Å²) in [5.41, 5.74) is 0. The highest BCUT2D eigenvalue weighted by Crippen LogP contribution is 2.46. The lowest BCUT2D eigenvalue weighted by Crippen LogP contribution is -2.03. The summed E-state index contributed by atoms with van der Waals surface area (Å²) in [4.78, 5) is 0. The second-order valence-electron chi connectivity index (χ2n) is 2.98. The molecule has 1 saturated heterocycles. The SMILES string of the molecule is c1cc2c(cc1OCC1CO1)O2. The molecule has 3 rings (SSSR count). The van der Waals surface area contributed by atoms with Crippen molar-refractivity contribution < 1.29 is 14.2 Å². The zero-order valence-corrected chi connectivity index (χ0v) is 6.45. The molecule has 2 aliphatic heterocycles. The first-order chi connectivity index (χ1) is 5.92. The van der Waals surface area contributed by atoms with Crippen molar-refractivity contribution in [3.8, 4) is 17.2 Å². The molecule has 0 N–H and O–H groups in total. The van der Waals surface area contributed by atoms with E-state index in [-0.39, 0.29) is 0 Å². The van der Waals surface area contributed by atoms with Crippen LogP contribution in [0.5, 0.6) is 17.2 Å². The van der Waals surface area contributed by atoms with Gasteiger partial charge in [-0.2, -0.15) is 0 Å². The summed E-state index contributed by atoms with van der Waals surface area (Å²) < 4.78 is 15.5. The average Bonchev–Trinajstić information content (AvgIpc) is 2.96. The smallest absolute Gasteiger partial charge is 0.173 e. The highest BCUT2D eigenvalue weighted by molar-refractivity contribution is 5.57. The van der Waals surface area contributed by atoms with Crippen molar-refractivity contribution in [1.29, 1.82) is 0 Å². The van der Waals surface area contributed by atoms with E-state index in [2.05, 4.69) is 0 Å². The molecule has 1 aromatic carbocycles. The van der Waals surface area contributed by atoms with E-state index in [1.54, 1.807) is 0 Å². The molecule has 0 saturated carbocycles. The number of benzene rings is 1. The molecule has 62 valence electrons. The van der Waals surface area contributed by atoms with E-state index in [1.807, 2.05) is 18.2 Å². The predicted molar refractivity (Wildman–Crippen MR) is 41.8 cm³/mol. The van der Waals surface area contributed by atoms with E-state index >= 15 is 0 Å². The molecular weight excluding hydrogens is 156 g/mol. The van der Waals surface area contributed by atoms with Gasteiger partial charge in [0.2, 0.25) is 0 Å². The summed E-state index contributed by atoms with van der Waals surface area (Å²) in [7, 11) is 0. The van der Waals surface area contributed by atoms with Gasteiger partial charge in [0.1, 0.15) is 18.5 Å². The molecule has 1 fully saturated rings. The number of fused-ring (bicyclic) bond motifs is 1. The third-order valence-corrected chi connectivity index (χ3v) is 1.93. The minimum absolute atomic E-state index is 0.315. The number of rotatable bonds is 3. The highest BCUT2D eigenvalue weighted by atomic mass is 16.6. The molecule has 0 amide bonds. The summed E-state index contributed by atoms with van der Waals surface area (Å²) in [5.74, 6) is 2.76. The van der Waals surface area contributed by atoms with Gasteiger partial charge in [-0.05, 0) is 12.1 Å². The van der Waals surface area contributed by atoms with Crippen LogP contribution in [0, 0.1) is 0 Å². The van der Waals surface area contributed by atoms with Crippen LogP contribution in [0.3, 0.4) is 0 Å². The minimum atomic E-state index is 0.315. The van der Waals surface area contributed by atoms with Crippen LogP contribution in [0.4, 0.5) is 0 Å². The fourth-order valence-corrected chi connectivity index (χ4v) is 1.09. The Morgan fingerprint density at radius 2 is 2.33 bits per heavy atom. The fraction of sp³-hybridized carbons (Fsp3) is 0.333. The van der Waals surface area contributed by atoms with Gasteiger partial charge >= 0.3 is 0 Å². The van der Waals surface area contributed by atoms with Crippen LogP contribution in [0.2, 0.25) is 0 Å². The lowest BCUT2D eigenvalue weighted by Gasteiger charge is -2.00. The maximum atomic E-state index is 5.44. The maximum absolute atomic E-state index is 5.44. The number of ether oxygens (including phenoxy) is 3. The van der Waals surface area contributed by atoms with Crippen molar-refractivity contribution in [3.63, 3.8) is 0 Å². The van der Waals surface area contributed by atoms with Gasteiger partial charge in [0, 0.05) is 6.07 Å². The van der Waals surface area contributed by atoms with Gasteiger partial charge in [0.25, 0.3) is 0 Å². The summed E-state index contributed by atoms with van der Waals surface area (Å²) in [6, 6.07) is 5.73. The van der Waals surface area contributed by atoms with Crippen LogP contribution in [0.25, 0.3) is 0 Å². The van der Waals surface area contributed by atoms with Crippen LogP contribution < -0.4 is 9.47 Å². The maximum Gasteiger partial charge on any atom is 0.173 e. The third-order valence-electron chi connectivity index (χ3n) is 1.93. The number of epoxide rings is 1. The second-order valence-corrected chi connectivity index (χ2v) is 2.98. The molecule has 0 spiro atoms. The van der Waals surface area contributed by atoms with E-state index in [9.17, 15) is 0 Å². The Hall–Kier alpha value is -1.22. The van der Waals surface area contributed by atoms with Crippen molar-refractivity contribution in [2.75, 3.05) is 13.2 Å². The van der Waals surface area contributed by atoms with Crippen molar-refractivity contribution in [2.24, 2.45) is 0 Å². The first-order valence-corrected chi connectivity index (χ1v) is 3.98. The molecule has 1 atom stereocenters. The number of hydrogen-bond donors (Lipinski definition) is 0. The van der Waals surface area contributed by atoms with Crippen LogP contribution in [0.15, 0.2) is 18.2 Å². The molecule has 1 aromatic rings. The molecule has 0 radical (unpaired) electrons. The molecule has 2 aliphatic rings. The van der Waals surface area contributed by atoms with Gasteiger partial charge in [0.05, 0.1) is 6.61 Å². The molecule has 12 heavy (non-hydrogen) atoms. The number of hydrogen-bond acceptors (Lipinski definition) is 3. The molecule has 0 aromatic heterocycles. The van der Waals surface area contributed by atoms with Gasteiger partial charge in [-0.15, -0.1) is 0 Å². The standard InChI is InChI=1S/C9H8O3/c1-2-8-9(12-8)3-6(1)10-4-7-5-11-7/h1-3,7H,4-5H2. The Kier molecular flexibility index (Phi) is 1.12. The zero-order chi connectivity index (χ0) is 7.97. The monoisotopic (exact) mass is 164 g/mol. The first-order valence-electron chi connectivity index (χ1n) is 3.98. The summed E-state index contributed by atoms with van der Waals surface area (Å²) >= 11 is 0. The van der Waals surface area contributed by atoms with E-state index in [1.165, 1.54) is 0 Å². The first kappa shape index (κ1) is 6.31. The topological polar surface area (TPSA) is 34.3 Å². The van der Waals surface area contributed by atoms with Gasteiger partial charge in [-0.1, -0.05) is 0 Å². The Balaban J connectivity index is 1.67. The lowest BCUT2D eigenvalue weighted by atomic mass is 10.3. The third kappa shape index (κ3) is 1.12. The van der Waals surface area contributed by atoms with Crippen molar-refractivity contribution in [3.05, 3.63) is 18.2 Å². The van der Waals surface area contributed by atoms with Gasteiger partial charge < -0.3 is 14.2 Å². The molecule has 0 aliphatic carbocycles. The van der Waals surface area contributed by atoms with Gasteiger partial charge in [0.15, 0.2) is 11.5 Å². The second kappa shape index (κ2) is 2.14. The van der Waals surface area contributed by atoms with Crippen LogP contribution in [0.1, 0.15) is 0 Å². The van der Waals surface area contributed by atoms with E-state index in [0.717, 1.165) is 23.9 Å². The average molecular weight is 164 g/mol. The molecule has 1 unspecified atom stereocenters. The summed E-state index contributed by atoms with van der Waals surface area (Å²) in [6.45, 7) is 1.49. The summed E-state index contributed by atoms with van der Waals surface area (Å²) in [6.07, 6.45) is 0.315. The van der Waals surface area contributed by atoms with Crippen molar-refractivity contribution >= 4 is 0 Å². The van der Waals surface area contributed by atoms with Gasteiger partial charge in [-0.25, -0.2) is 0 Å². The fourth-order valence-electron chi connectivity index (χ4n) is 1.09. The predicted octanol–water partition coefficient (Wildman–Crippen LogP) is 1.57. The van der Waals surface area contributed by atoms with Crippen molar-refractivity contribution in [2.45, 2.75) is 6.10 Å². The largest absolute Gasteiger partial charge is 0.491 e. The molecule has 3 nitrogen and oxygen atoms in total. The Bertz CT molecular complexity index is 318. The van der Waals surface area contributed by atoms with E-state index in [0.29, 0.717) is 12.7 Å². The molecule has 3 heteroatoms. The molecule has 2 heterocycles. The van der Waals surface area contributed by atoms with E-state index < -0.39 is 0 Å². The highest BCUT2D eigenvalue weighted by Gasteiger charge is 2.24. The van der Waals surface area contributed by atoms with Crippen LogP contribution >= 0.6 is 0 Å². The quantitative estimate of drug-likeness (QED) is 0.646. The zero-order valence-electron chi connectivity index (χ0n) is 6.45. The Morgan fingerprint density at radius 3 is 3.08 bits per heavy atom. The lowest BCUT2D eigenvalue weighted by molar-refractivity contribution is 0.263. The van der Waals surface area contributed by atoms with Gasteiger partial charge in [-0.3, -0.25) is 0 Å².